The molecule has 0 fully saturated rings. The topological polar surface area (TPSA) is 70.2 Å². The van der Waals surface area contributed by atoms with Crippen molar-refractivity contribution in [1.29, 1.82) is 0 Å². The van der Waals surface area contributed by atoms with Crippen molar-refractivity contribution in [3.8, 4) is 0 Å². The largest absolute Gasteiger partial charge is 0.367 e. The van der Waals surface area contributed by atoms with Crippen LogP contribution in [-0.2, 0) is 0 Å². The number of rotatable bonds is 4. The van der Waals surface area contributed by atoms with Gasteiger partial charge in [-0.3, -0.25) is 4.98 Å². The van der Waals surface area contributed by atoms with Crippen LogP contribution in [0.25, 0.3) is 0 Å². The Bertz CT molecular complexity index is 391. The molecule has 0 spiro atoms. The molecule has 0 saturated heterocycles. The Hall–Kier alpha value is -1.85. The Morgan fingerprint density at radius 3 is 2.71 bits per heavy atom. The maximum atomic E-state index is 11.2. The van der Waals surface area contributed by atoms with Crippen LogP contribution in [0.15, 0.2) is 6.20 Å². The molecule has 0 aliphatic heterocycles. The first-order valence-corrected chi connectivity index (χ1v) is 5.50. The van der Waals surface area contributed by atoms with Gasteiger partial charge in [0.25, 0.3) is 0 Å². The highest BCUT2D eigenvalue weighted by atomic mass is 16.2. The van der Waals surface area contributed by atoms with Crippen molar-refractivity contribution in [3.63, 3.8) is 0 Å². The molecule has 1 rings (SSSR count). The number of hydrogen-bond acceptors (Lipinski definition) is 4. The molecule has 1 aromatic rings. The first kappa shape index (κ1) is 13.2. The molecule has 2 N–H and O–H groups in total. The van der Waals surface area contributed by atoms with Crippen molar-refractivity contribution < 1.29 is 4.79 Å². The molecule has 0 bridgehead atoms. The van der Waals surface area contributed by atoms with Crippen molar-refractivity contribution in [2.75, 3.05) is 32.5 Å². The number of anilines is 1. The second-order valence-corrected chi connectivity index (χ2v) is 4.00. The quantitative estimate of drug-likeness (QED) is 0.759. The SMILES string of the molecule is Cc1cnc(C)c(NCCNC(=O)N(C)C)n1. The van der Waals surface area contributed by atoms with Crippen LogP contribution in [0.4, 0.5) is 10.6 Å². The van der Waals surface area contributed by atoms with Gasteiger partial charge in [-0.05, 0) is 13.8 Å². The maximum Gasteiger partial charge on any atom is 0.316 e. The van der Waals surface area contributed by atoms with Crippen LogP contribution in [0.3, 0.4) is 0 Å². The Balaban J connectivity index is 2.36. The summed E-state index contributed by atoms with van der Waals surface area (Å²) in [6.45, 7) is 4.96. The summed E-state index contributed by atoms with van der Waals surface area (Å²) in [4.78, 5) is 21.3. The minimum Gasteiger partial charge on any atom is -0.367 e. The van der Waals surface area contributed by atoms with E-state index < -0.39 is 0 Å². The van der Waals surface area contributed by atoms with Crippen LogP contribution in [0.5, 0.6) is 0 Å². The number of nitrogens with zero attached hydrogens (tertiary/aromatic N) is 3. The molecule has 1 aromatic heterocycles. The number of amides is 2. The summed E-state index contributed by atoms with van der Waals surface area (Å²) in [5, 5.41) is 5.90. The van der Waals surface area contributed by atoms with Crippen LogP contribution in [0, 0.1) is 13.8 Å². The third-order valence-electron chi connectivity index (χ3n) is 2.18. The fraction of sp³-hybridized carbons (Fsp3) is 0.545. The highest BCUT2D eigenvalue weighted by Gasteiger charge is 2.03. The summed E-state index contributed by atoms with van der Waals surface area (Å²) in [6.07, 6.45) is 1.73. The zero-order valence-corrected chi connectivity index (χ0v) is 10.7. The summed E-state index contributed by atoms with van der Waals surface area (Å²) in [5.74, 6) is 0.768. The second kappa shape index (κ2) is 6.03. The number of nitrogens with one attached hydrogen (secondary N) is 2. The van der Waals surface area contributed by atoms with E-state index in [2.05, 4.69) is 20.6 Å². The molecule has 1 heterocycles. The summed E-state index contributed by atoms with van der Waals surface area (Å²) in [5.41, 5.74) is 1.73. The number of urea groups is 1. The van der Waals surface area contributed by atoms with Crippen LogP contribution in [-0.4, -0.2) is 48.1 Å². The van der Waals surface area contributed by atoms with E-state index in [9.17, 15) is 4.79 Å². The first-order chi connectivity index (χ1) is 8.00. The molecular weight excluding hydrogens is 218 g/mol. The van der Waals surface area contributed by atoms with Gasteiger partial charge in [-0.2, -0.15) is 0 Å². The van der Waals surface area contributed by atoms with E-state index in [1.165, 1.54) is 4.90 Å². The first-order valence-electron chi connectivity index (χ1n) is 5.50. The van der Waals surface area contributed by atoms with Crippen LogP contribution >= 0.6 is 0 Å². The standard InChI is InChI=1S/C11H19N5O/c1-8-7-14-9(2)10(15-8)12-5-6-13-11(17)16(3)4/h7H,5-6H2,1-4H3,(H,12,15)(H,13,17). The molecule has 0 atom stereocenters. The fourth-order valence-corrected chi connectivity index (χ4v) is 1.21. The van der Waals surface area contributed by atoms with Gasteiger partial charge in [0, 0.05) is 33.4 Å². The van der Waals surface area contributed by atoms with E-state index >= 15 is 0 Å². The van der Waals surface area contributed by atoms with E-state index in [1.807, 2.05) is 13.8 Å². The zero-order valence-electron chi connectivity index (χ0n) is 10.7. The molecule has 6 nitrogen and oxygen atoms in total. The van der Waals surface area contributed by atoms with Crippen molar-refractivity contribution in [2.45, 2.75) is 13.8 Å². The summed E-state index contributed by atoms with van der Waals surface area (Å²) in [6, 6.07) is -0.0983. The van der Waals surface area contributed by atoms with Gasteiger partial charge in [0.15, 0.2) is 0 Å². The van der Waals surface area contributed by atoms with Crippen LogP contribution in [0.1, 0.15) is 11.4 Å². The third kappa shape index (κ3) is 4.26. The molecular formula is C11H19N5O. The lowest BCUT2D eigenvalue weighted by atomic mass is 10.4. The predicted octanol–water partition coefficient (Wildman–Crippen LogP) is 0.777. The Morgan fingerprint density at radius 2 is 2.06 bits per heavy atom. The molecule has 0 aliphatic rings. The number of carbonyl (C=O) groups excluding carboxylic acids is 1. The zero-order chi connectivity index (χ0) is 12.8. The van der Waals surface area contributed by atoms with Gasteiger partial charge in [0.1, 0.15) is 5.82 Å². The highest BCUT2D eigenvalue weighted by molar-refractivity contribution is 5.73. The molecule has 0 saturated carbocycles. The number of hydrogen-bond donors (Lipinski definition) is 2. The molecule has 94 valence electrons. The van der Waals surface area contributed by atoms with E-state index in [1.54, 1.807) is 20.3 Å². The molecule has 0 aliphatic carbocycles. The average Bonchev–Trinajstić information content (AvgIpc) is 2.28. The van der Waals surface area contributed by atoms with Gasteiger partial charge in [-0.15, -0.1) is 0 Å². The van der Waals surface area contributed by atoms with Gasteiger partial charge >= 0.3 is 6.03 Å². The van der Waals surface area contributed by atoms with E-state index in [0.29, 0.717) is 13.1 Å². The lowest BCUT2D eigenvalue weighted by Gasteiger charge is -2.13. The van der Waals surface area contributed by atoms with Gasteiger partial charge in [0.05, 0.1) is 11.4 Å². The lowest BCUT2D eigenvalue weighted by Crippen LogP contribution is -2.37. The molecule has 0 radical (unpaired) electrons. The summed E-state index contributed by atoms with van der Waals surface area (Å²) in [7, 11) is 3.41. The molecule has 6 heteroatoms. The molecule has 0 unspecified atom stereocenters. The number of carbonyl (C=O) groups is 1. The molecule has 0 aromatic carbocycles. The summed E-state index contributed by atoms with van der Waals surface area (Å²) >= 11 is 0. The Labute approximate surface area is 101 Å². The Kier molecular flexibility index (Phi) is 4.68. The Morgan fingerprint density at radius 1 is 1.35 bits per heavy atom. The second-order valence-electron chi connectivity index (χ2n) is 4.00. The normalized spacial score (nSPS) is 9.88. The predicted molar refractivity (Wildman–Crippen MR) is 67.1 cm³/mol. The minimum absolute atomic E-state index is 0.0983. The van der Waals surface area contributed by atoms with Crippen molar-refractivity contribution >= 4 is 11.8 Å². The van der Waals surface area contributed by atoms with Crippen molar-refractivity contribution in [3.05, 3.63) is 17.6 Å². The monoisotopic (exact) mass is 237 g/mol. The lowest BCUT2D eigenvalue weighted by molar-refractivity contribution is 0.218. The van der Waals surface area contributed by atoms with Crippen LogP contribution in [0.2, 0.25) is 0 Å². The summed E-state index contributed by atoms with van der Waals surface area (Å²) < 4.78 is 0. The van der Waals surface area contributed by atoms with E-state index in [-0.39, 0.29) is 6.03 Å². The van der Waals surface area contributed by atoms with Crippen LogP contribution < -0.4 is 10.6 Å². The van der Waals surface area contributed by atoms with Gasteiger partial charge in [-0.1, -0.05) is 0 Å². The number of aryl methyl sites for hydroxylation is 2. The maximum absolute atomic E-state index is 11.2. The molecule has 2 amide bonds. The highest BCUT2D eigenvalue weighted by Crippen LogP contribution is 2.07. The molecule has 17 heavy (non-hydrogen) atoms. The van der Waals surface area contributed by atoms with Crippen molar-refractivity contribution in [2.24, 2.45) is 0 Å². The van der Waals surface area contributed by atoms with Gasteiger partial charge < -0.3 is 15.5 Å². The van der Waals surface area contributed by atoms with Crippen molar-refractivity contribution in [1.82, 2.24) is 20.2 Å². The average molecular weight is 237 g/mol. The van der Waals surface area contributed by atoms with E-state index in [0.717, 1.165) is 17.2 Å². The fourth-order valence-electron chi connectivity index (χ4n) is 1.21. The van der Waals surface area contributed by atoms with Gasteiger partial charge in [-0.25, -0.2) is 9.78 Å². The third-order valence-corrected chi connectivity index (χ3v) is 2.18. The van der Waals surface area contributed by atoms with Gasteiger partial charge in [0.2, 0.25) is 0 Å². The smallest absolute Gasteiger partial charge is 0.316 e. The van der Waals surface area contributed by atoms with E-state index in [4.69, 9.17) is 0 Å². The number of aromatic nitrogens is 2. The minimum atomic E-state index is -0.0983.